The lowest BCUT2D eigenvalue weighted by Crippen LogP contribution is -2.43. The van der Waals surface area contributed by atoms with Gasteiger partial charge in [0.1, 0.15) is 0 Å². The van der Waals surface area contributed by atoms with Gasteiger partial charge in [0.15, 0.2) is 0 Å². The van der Waals surface area contributed by atoms with Crippen molar-refractivity contribution in [2.75, 3.05) is 0 Å². The molecule has 0 heterocycles. The number of carboxylic acids is 1. The van der Waals surface area contributed by atoms with Crippen LogP contribution in [0.3, 0.4) is 0 Å². The summed E-state index contributed by atoms with van der Waals surface area (Å²) >= 11 is 0. The van der Waals surface area contributed by atoms with Crippen molar-refractivity contribution in [3.8, 4) is 0 Å². The molecule has 0 bridgehead atoms. The number of hydrogen-bond donors (Lipinski definition) is 4. The Bertz CT molecular complexity index is 791. The molecule has 0 aliphatic rings. The van der Waals surface area contributed by atoms with E-state index in [0.717, 1.165) is 11.1 Å². The summed E-state index contributed by atoms with van der Waals surface area (Å²) < 4.78 is 31.7. The van der Waals surface area contributed by atoms with E-state index < -0.39 is 24.1 Å². The summed E-state index contributed by atoms with van der Waals surface area (Å²) in [5.74, 6) is -3.52. The van der Waals surface area contributed by atoms with E-state index in [0.29, 0.717) is 0 Å². The predicted molar refractivity (Wildman–Crippen MR) is 103 cm³/mol. The summed E-state index contributed by atoms with van der Waals surface area (Å²) in [6.45, 7) is 0. The molecule has 0 spiro atoms. The summed E-state index contributed by atoms with van der Waals surface area (Å²) in [4.78, 5) is 32.0. The van der Waals surface area contributed by atoms with Crippen LogP contribution < -0.4 is 16.8 Å². The van der Waals surface area contributed by atoms with Crippen LogP contribution in [0.4, 0.5) is 13.2 Å². The van der Waals surface area contributed by atoms with Gasteiger partial charge in [0.05, 0.1) is 12.1 Å². The minimum atomic E-state index is -5.08. The topological polar surface area (TPSA) is 136 Å². The number of amides is 2. The van der Waals surface area contributed by atoms with E-state index in [2.05, 4.69) is 5.32 Å². The first-order valence-corrected chi connectivity index (χ1v) is 8.76. The van der Waals surface area contributed by atoms with Gasteiger partial charge in [-0.05, 0) is 17.5 Å². The molecule has 0 saturated carbocycles. The van der Waals surface area contributed by atoms with Gasteiger partial charge in [-0.1, -0.05) is 60.7 Å². The number of hydrogen-bond acceptors (Lipinski definition) is 4. The first kappa shape index (κ1) is 24.6. The largest absolute Gasteiger partial charge is 0.490 e. The Morgan fingerprint density at radius 2 is 1.33 bits per heavy atom. The number of primary amides is 1. The van der Waals surface area contributed by atoms with Gasteiger partial charge in [-0.3, -0.25) is 9.59 Å². The van der Waals surface area contributed by atoms with E-state index in [9.17, 15) is 22.8 Å². The Morgan fingerprint density at radius 3 is 1.67 bits per heavy atom. The van der Waals surface area contributed by atoms with Gasteiger partial charge in [0, 0.05) is 6.42 Å². The van der Waals surface area contributed by atoms with Crippen LogP contribution in [0.15, 0.2) is 60.7 Å². The Labute approximate surface area is 170 Å². The molecule has 7 nitrogen and oxygen atoms in total. The fraction of sp³-hybridized carbons (Fsp3) is 0.250. The molecule has 0 aliphatic heterocycles. The molecule has 2 rings (SSSR count). The van der Waals surface area contributed by atoms with Gasteiger partial charge in [-0.25, -0.2) is 4.79 Å². The van der Waals surface area contributed by atoms with Crippen LogP contribution in [-0.2, 0) is 14.4 Å². The smallest absolute Gasteiger partial charge is 0.475 e. The van der Waals surface area contributed by atoms with E-state index in [1.54, 1.807) is 0 Å². The molecule has 10 heteroatoms. The van der Waals surface area contributed by atoms with E-state index in [4.69, 9.17) is 21.4 Å². The summed E-state index contributed by atoms with van der Waals surface area (Å²) in [7, 11) is 0. The first-order valence-electron chi connectivity index (χ1n) is 8.76. The van der Waals surface area contributed by atoms with Crippen molar-refractivity contribution in [1.82, 2.24) is 5.32 Å². The molecule has 2 amide bonds. The van der Waals surface area contributed by atoms with E-state index >= 15 is 0 Å². The van der Waals surface area contributed by atoms with Crippen molar-refractivity contribution in [3.63, 3.8) is 0 Å². The highest BCUT2D eigenvalue weighted by Gasteiger charge is 2.38. The van der Waals surface area contributed by atoms with Crippen LogP contribution >= 0.6 is 0 Å². The molecular weight excluding hydrogens is 403 g/mol. The van der Waals surface area contributed by atoms with Crippen molar-refractivity contribution >= 4 is 17.8 Å². The molecule has 6 N–H and O–H groups in total. The van der Waals surface area contributed by atoms with Crippen LogP contribution in [0.5, 0.6) is 0 Å². The zero-order chi connectivity index (χ0) is 22.7. The fourth-order valence-corrected chi connectivity index (χ4v) is 2.33. The highest BCUT2D eigenvalue weighted by molar-refractivity contribution is 5.83. The van der Waals surface area contributed by atoms with Crippen molar-refractivity contribution < 1.29 is 32.7 Å². The van der Waals surface area contributed by atoms with Crippen molar-refractivity contribution in [1.29, 1.82) is 0 Å². The maximum Gasteiger partial charge on any atom is 0.490 e. The maximum absolute atomic E-state index is 12.3. The van der Waals surface area contributed by atoms with Gasteiger partial charge < -0.3 is 21.9 Å². The second-order valence-electron chi connectivity index (χ2n) is 6.18. The molecular formula is C20H22F3N3O4. The maximum atomic E-state index is 12.3. The molecule has 0 unspecified atom stereocenters. The van der Waals surface area contributed by atoms with Gasteiger partial charge in [-0.2, -0.15) is 13.2 Å². The van der Waals surface area contributed by atoms with Crippen LogP contribution in [0.25, 0.3) is 0 Å². The van der Waals surface area contributed by atoms with E-state index in [1.807, 2.05) is 60.7 Å². The fourth-order valence-electron chi connectivity index (χ4n) is 2.33. The van der Waals surface area contributed by atoms with Crippen LogP contribution in [0.1, 0.15) is 30.0 Å². The average molecular weight is 425 g/mol. The highest BCUT2D eigenvalue weighted by atomic mass is 19.4. The van der Waals surface area contributed by atoms with E-state index in [1.165, 1.54) is 0 Å². The van der Waals surface area contributed by atoms with Crippen LogP contribution in [0.2, 0.25) is 0 Å². The van der Waals surface area contributed by atoms with Gasteiger partial charge in [0.25, 0.3) is 0 Å². The number of carboxylic acid groups (broad SMARTS) is 1. The lowest BCUT2D eigenvalue weighted by molar-refractivity contribution is -0.192. The highest BCUT2D eigenvalue weighted by Crippen LogP contribution is 2.22. The number of nitrogens with one attached hydrogen (secondary N) is 1. The number of carbonyl (C=O) groups excluding carboxylic acids is 2. The number of benzene rings is 2. The summed E-state index contributed by atoms with van der Waals surface area (Å²) in [6, 6.07) is 18.3. The summed E-state index contributed by atoms with van der Waals surface area (Å²) in [5, 5.41) is 10.1. The summed E-state index contributed by atoms with van der Waals surface area (Å²) in [5.41, 5.74) is 12.9. The van der Waals surface area contributed by atoms with Crippen LogP contribution in [-0.4, -0.2) is 35.1 Å². The number of carbonyl (C=O) groups is 3. The lowest BCUT2D eigenvalue weighted by atomic mass is 9.98. The molecule has 2 aromatic rings. The van der Waals surface area contributed by atoms with Crippen LogP contribution in [0, 0.1) is 0 Å². The second-order valence-corrected chi connectivity index (χ2v) is 6.18. The molecule has 0 fully saturated rings. The third kappa shape index (κ3) is 8.74. The normalized spacial score (nSPS) is 11.8. The molecule has 1 atom stereocenters. The SMILES string of the molecule is NC(=O)CC[C@H](N)C(=O)NC(c1ccccc1)c1ccccc1.O=C(O)C(F)(F)F. The molecule has 162 valence electrons. The number of alkyl halides is 3. The standard InChI is InChI=1S/C18H21N3O2.C2HF3O2/c19-15(11-12-16(20)22)18(23)21-17(13-7-3-1-4-8-13)14-9-5-2-6-10-14;3-2(4,5)1(6)7/h1-10,15,17H,11-12,19H2,(H2,20,22)(H,21,23);(H,6,7)/t15-;/m0./s1. The zero-order valence-electron chi connectivity index (χ0n) is 15.8. The monoisotopic (exact) mass is 425 g/mol. The number of rotatable bonds is 7. The Kier molecular flexibility index (Phi) is 9.50. The summed E-state index contributed by atoms with van der Waals surface area (Å²) in [6.07, 6.45) is -4.76. The molecule has 0 radical (unpaired) electrons. The first-order chi connectivity index (χ1) is 14.0. The van der Waals surface area contributed by atoms with Gasteiger partial charge in [-0.15, -0.1) is 0 Å². The minimum Gasteiger partial charge on any atom is -0.475 e. The molecule has 2 aromatic carbocycles. The quantitative estimate of drug-likeness (QED) is 0.539. The third-order valence-corrected chi connectivity index (χ3v) is 3.83. The van der Waals surface area contributed by atoms with Crippen molar-refractivity contribution in [2.24, 2.45) is 11.5 Å². The predicted octanol–water partition coefficient (Wildman–Crippen LogP) is 2.12. The minimum absolute atomic E-state index is 0.0932. The molecule has 0 aromatic heterocycles. The van der Waals surface area contributed by atoms with Crippen molar-refractivity contribution in [2.45, 2.75) is 31.1 Å². The van der Waals surface area contributed by atoms with Gasteiger partial charge >= 0.3 is 12.1 Å². The molecule has 0 saturated heterocycles. The second kappa shape index (κ2) is 11.6. The number of aliphatic carboxylic acids is 1. The van der Waals surface area contributed by atoms with Crippen molar-refractivity contribution in [3.05, 3.63) is 71.8 Å². The average Bonchev–Trinajstić information content (AvgIpc) is 2.71. The Hall–Kier alpha value is -3.40. The lowest BCUT2D eigenvalue weighted by Gasteiger charge is -2.22. The molecule has 0 aliphatic carbocycles. The molecule has 30 heavy (non-hydrogen) atoms. The Morgan fingerprint density at radius 1 is 0.933 bits per heavy atom. The third-order valence-electron chi connectivity index (χ3n) is 3.83. The number of nitrogens with two attached hydrogens (primary N) is 2. The number of halogens is 3. The van der Waals surface area contributed by atoms with E-state index in [-0.39, 0.29) is 24.8 Å². The zero-order valence-corrected chi connectivity index (χ0v) is 15.8. The Balaban J connectivity index is 0.000000553. The van der Waals surface area contributed by atoms with Gasteiger partial charge in [0.2, 0.25) is 11.8 Å².